The van der Waals surface area contributed by atoms with Crippen LogP contribution < -0.4 is 5.73 Å². The van der Waals surface area contributed by atoms with Crippen LogP contribution in [0.1, 0.15) is 6.42 Å². The van der Waals surface area contributed by atoms with Crippen LogP contribution in [0.2, 0.25) is 0 Å². The molecule has 38 valence electrons. The van der Waals surface area contributed by atoms with Crippen LogP contribution in [0, 0.1) is 11.3 Å². The van der Waals surface area contributed by atoms with E-state index in [1.165, 1.54) is 0 Å². The molecule has 0 aliphatic heterocycles. The van der Waals surface area contributed by atoms with Crippen molar-refractivity contribution in [1.82, 2.24) is 0 Å². The molecule has 0 heterocycles. The Morgan fingerprint density at radius 2 is 2.57 bits per heavy atom. The van der Waals surface area contributed by atoms with Crippen molar-refractivity contribution in [2.24, 2.45) is 5.73 Å². The number of rotatable bonds is 2. The van der Waals surface area contributed by atoms with Gasteiger partial charge in [0, 0.05) is 6.04 Å². The predicted molar refractivity (Wildman–Crippen MR) is 28.4 cm³/mol. The number of hydrogen-bond acceptors (Lipinski definition) is 2. The van der Waals surface area contributed by atoms with Crippen molar-refractivity contribution in [3.63, 3.8) is 0 Å². The van der Waals surface area contributed by atoms with E-state index in [4.69, 9.17) is 11.0 Å². The first kappa shape index (κ1) is 6.19. The highest BCUT2D eigenvalue weighted by Gasteiger charge is 1.89. The van der Waals surface area contributed by atoms with E-state index in [1.54, 1.807) is 6.08 Å². The van der Waals surface area contributed by atoms with Crippen molar-refractivity contribution in [3.8, 4) is 6.07 Å². The molecule has 0 saturated carbocycles. The van der Waals surface area contributed by atoms with Crippen LogP contribution in [0.4, 0.5) is 0 Å². The molecule has 7 heavy (non-hydrogen) atoms. The third-order valence-electron chi connectivity index (χ3n) is 0.630. The van der Waals surface area contributed by atoms with Gasteiger partial charge in [0.2, 0.25) is 0 Å². The Morgan fingerprint density at radius 1 is 2.00 bits per heavy atom. The van der Waals surface area contributed by atoms with Crippen molar-refractivity contribution in [2.45, 2.75) is 12.5 Å². The van der Waals surface area contributed by atoms with E-state index in [0.29, 0.717) is 6.42 Å². The number of nitrogens with zero attached hydrogens (tertiary/aromatic N) is 1. The number of nitrogens with two attached hydrogens (primary N) is 1. The quantitative estimate of drug-likeness (QED) is 0.506. The highest BCUT2D eigenvalue weighted by molar-refractivity contribution is 4.89. The van der Waals surface area contributed by atoms with Crippen LogP contribution in [-0.2, 0) is 0 Å². The second-order valence-corrected chi connectivity index (χ2v) is 1.26. The van der Waals surface area contributed by atoms with Crippen molar-refractivity contribution in [1.29, 1.82) is 5.26 Å². The summed E-state index contributed by atoms with van der Waals surface area (Å²) in [6.45, 7) is 3.40. The maximum Gasteiger partial charge on any atom is 0.0641 e. The lowest BCUT2D eigenvalue weighted by Crippen LogP contribution is -2.14. The fourth-order valence-corrected chi connectivity index (χ4v) is 0.189. The Kier molecular flexibility index (Phi) is 2.99. The van der Waals surface area contributed by atoms with Crippen LogP contribution in [0.3, 0.4) is 0 Å². The van der Waals surface area contributed by atoms with Gasteiger partial charge >= 0.3 is 0 Å². The van der Waals surface area contributed by atoms with Gasteiger partial charge in [-0.15, -0.1) is 6.58 Å². The monoisotopic (exact) mass is 96.1 g/mol. The molecule has 0 saturated heterocycles. The smallest absolute Gasteiger partial charge is 0.0641 e. The number of nitriles is 1. The third kappa shape index (κ3) is 3.01. The molecule has 2 nitrogen and oxygen atoms in total. The molecule has 2 heteroatoms. The first-order valence-corrected chi connectivity index (χ1v) is 2.06. The van der Waals surface area contributed by atoms with E-state index in [1.807, 2.05) is 6.07 Å². The summed E-state index contributed by atoms with van der Waals surface area (Å²) in [6.07, 6.45) is 1.92. The van der Waals surface area contributed by atoms with Gasteiger partial charge in [0.25, 0.3) is 0 Å². The van der Waals surface area contributed by atoms with Gasteiger partial charge in [-0.1, -0.05) is 6.08 Å². The molecule has 1 unspecified atom stereocenters. The van der Waals surface area contributed by atoms with E-state index in [0.717, 1.165) is 0 Å². The maximum absolute atomic E-state index is 7.99. The Balaban J connectivity index is 3.21. The lowest BCUT2D eigenvalue weighted by atomic mass is 10.2. The van der Waals surface area contributed by atoms with Crippen LogP contribution in [0.5, 0.6) is 0 Å². The molecule has 0 bridgehead atoms. The topological polar surface area (TPSA) is 49.8 Å². The van der Waals surface area contributed by atoms with Crippen molar-refractivity contribution in [3.05, 3.63) is 12.7 Å². The van der Waals surface area contributed by atoms with Gasteiger partial charge < -0.3 is 5.73 Å². The average molecular weight is 96.1 g/mol. The molecule has 1 atom stereocenters. The standard InChI is InChI=1S/C5H8N2/c1-2-5(7)3-4-6/h2,5H,1,3,7H2. The van der Waals surface area contributed by atoms with Crippen molar-refractivity contribution in [2.75, 3.05) is 0 Å². The third-order valence-corrected chi connectivity index (χ3v) is 0.630. The molecule has 0 radical (unpaired) electrons. The van der Waals surface area contributed by atoms with E-state index in [2.05, 4.69) is 6.58 Å². The van der Waals surface area contributed by atoms with Gasteiger partial charge in [-0.05, 0) is 0 Å². The minimum atomic E-state index is -0.148. The van der Waals surface area contributed by atoms with Crippen LogP contribution in [0.25, 0.3) is 0 Å². The highest BCUT2D eigenvalue weighted by atomic mass is 14.6. The van der Waals surface area contributed by atoms with Gasteiger partial charge in [0.05, 0.1) is 12.5 Å². The zero-order valence-electron chi connectivity index (χ0n) is 4.09. The zero-order valence-corrected chi connectivity index (χ0v) is 4.09. The fourth-order valence-electron chi connectivity index (χ4n) is 0.189. The summed E-state index contributed by atoms with van der Waals surface area (Å²) in [5.74, 6) is 0. The maximum atomic E-state index is 7.99. The summed E-state index contributed by atoms with van der Waals surface area (Å²) in [7, 11) is 0. The molecule has 0 fully saturated rings. The molecule has 0 rings (SSSR count). The molecule has 0 aliphatic carbocycles. The Bertz CT molecular complexity index is 90.7. The molecule has 2 N–H and O–H groups in total. The molecule has 0 aromatic heterocycles. The highest BCUT2D eigenvalue weighted by Crippen LogP contribution is 1.82. The largest absolute Gasteiger partial charge is 0.324 e. The Morgan fingerprint density at radius 3 is 2.71 bits per heavy atom. The summed E-state index contributed by atoms with van der Waals surface area (Å²) < 4.78 is 0. The molecule has 0 aromatic rings. The van der Waals surface area contributed by atoms with E-state index in [9.17, 15) is 0 Å². The number of hydrogen-bond donors (Lipinski definition) is 1. The minimum absolute atomic E-state index is 0.148. The Labute approximate surface area is 43.2 Å². The second kappa shape index (κ2) is 3.38. The van der Waals surface area contributed by atoms with Gasteiger partial charge in [0.1, 0.15) is 0 Å². The molecular formula is C5H8N2. The second-order valence-electron chi connectivity index (χ2n) is 1.26. The van der Waals surface area contributed by atoms with Crippen LogP contribution in [0.15, 0.2) is 12.7 Å². The van der Waals surface area contributed by atoms with Crippen LogP contribution >= 0.6 is 0 Å². The minimum Gasteiger partial charge on any atom is -0.324 e. The van der Waals surface area contributed by atoms with Crippen molar-refractivity contribution < 1.29 is 0 Å². The molecule has 0 aliphatic rings. The van der Waals surface area contributed by atoms with Crippen molar-refractivity contribution >= 4 is 0 Å². The SMILES string of the molecule is C=CC(N)CC#N. The fraction of sp³-hybridized carbons (Fsp3) is 0.400. The lowest BCUT2D eigenvalue weighted by Gasteiger charge is -1.92. The first-order valence-electron chi connectivity index (χ1n) is 2.06. The van der Waals surface area contributed by atoms with Crippen LogP contribution in [-0.4, -0.2) is 6.04 Å². The van der Waals surface area contributed by atoms with Gasteiger partial charge in [0.15, 0.2) is 0 Å². The Hall–Kier alpha value is -0.810. The first-order chi connectivity index (χ1) is 3.31. The van der Waals surface area contributed by atoms with E-state index in [-0.39, 0.29) is 6.04 Å². The lowest BCUT2D eigenvalue weighted by molar-refractivity contribution is 0.845. The van der Waals surface area contributed by atoms with Gasteiger partial charge in [-0.2, -0.15) is 5.26 Å². The summed E-state index contributed by atoms with van der Waals surface area (Å²) >= 11 is 0. The van der Waals surface area contributed by atoms with Gasteiger partial charge in [-0.3, -0.25) is 0 Å². The summed E-state index contributed by atoms with van der Waals surface area (Å²) in [4.78, 5) is 0. The molecular weight excluding hydrogens is 88.1 g/mol. The summed E-state index contributed by atoms with van der Waals surface area (Å²) in [5, 5.41) is 7.99. The van der Waals surface area contributed by atoms with E-state index < -0.39 is 0 Å². The summed E-state index contributed by atoms with van der Waals surface area (Å²) in [6, 6.07) is 1.77. The summed E-state index contributed by atoms with van der Waals surface area (Å²) in [5.41, 5.74) is 5.24. The molecule has 0 aromatic carbocycles. The molecule has 0 amide bonds. The predicted octanol–water partition coefficient (Wildman–Crippen LogP) is 0.413. The zero-order chi connectivity index (χ0) is 5.70. The normalized spacial score (nSPS) is 12.0. The van der Waals surface area contributed by atoms with E-state index >= 15 is 0 Å². The molecule has 0 spiro atoms. The van der Waals surface area contributed by atoms with Gasteiger partial charge in [-0.25, -0.2) is 0 Å². The average Bonchev–Trinajstić information content (AvgIpc) is 1.68.